The predicted octanol–water partition coefficient (Wildman–Crippen LogP) is 3.17. The van der Waals surface area contributed by atoms with Crippen LogP contribution in [0.1, 0.15) is 11.4 Å². The number of rotatable bonds is 4. The van der Waals surface area contributed by atoms with Crippen molar-refractivity contribution in [3.05, 3.63) is 48.0 Å². The smallest absolute Gasteiger partial charge is 0.153 e. The molecule has 11 heteroatoms. The van der Waals surface area contributed by atoms with Crippen LogP contribution in [0.2, 0.25) is 0 Å². The number of H-pyrrole nitrogens is 2. The van der Waals surface area contributed by atoms with Gasteiger partial charge in [-0.15, -0.1) is 0 Å². The van der Waals surface area contributed by atoms with Crippen LogP contribution >= 0.6 is 48.0 Å². The molecule has 2 heterocycles. The Bertz CT molecular complexity index is 597. The minimum Gasteiger partial charge on any atom is -0.360 e. The summed E-state index contributed by atoms with van der Waals surface area (Å²) in [7, 11) is 0. The normalized spacial score (nSPS) is 10.0. The first kappa shape index (κ1) is 23.9. The zero-order valence-electron chi connectivity index (χ0n) is 13.4. The molecular weight excluding hydrogens is 444 g/mol. The zero-order valence-corrected chi connectivity index (χ0v) is 17.7. The molecule has 0 amide bonds. The van der Waals surface area contributed by atoms with Crippen LogP contribution in [0, 0.1) is 0 Å². The number of thioether (sulfide) groups is 2. The van der Waals surface area contributed by atoms with Crippen molar-refractivity contribution in [1.29, 1.82) is 0 Å². The maximum Gasteiger partial charge on any atom is 0.153 e. The molecule has 1 radical (unpaired) electrons. The van der Waals surface area contributed by atoms with Crippen LogP contribution in [0.5, 0.6) is 0 Å². The van der Waals surface area contributed by atoms with Gasteiger partial charge in [0.1, 0.15) is 0 Å². The standard InChI is InChI=1S/2C7H9N3S2.Cu/c2*1-12-7(11)10-9-5-6-3-2-4-8-6;/h2*2-5,8H,1H3,(H,10,11);. The van der Waals surface area contributed by atoms with Gasteiger partial charge in [0.2, 0.25) is 0 Å². The fraction of sp³-hybridized carbons (Fsp3) is 0.143. The maximum absolute atomic E-state index is 4.88. The third-order valence-electron chi connectivity index (χ3n) is 2.33. The molecule has 2 aromatic rings. The van der Waals surface area contributed by atoms with Crippen LogP contribution in [-0.2, 0) is 17.1 Å². The second-order valence-electron chi connectivity index (χ2n) is 3.97. The maximum atomic E-state index is 4.88. The van der Waals surface area contributed by atoms with Gasteiger partial charge in [0.05, 0.1) is 23.8 Å². The van der Waals surface area contributed by atoms with Crippen LogP contribution in [0.25, 0.3) is 0 Å². The molecule has 0 aliphatic carbocycles. The van der Waals surface area contributed by atoms with E-state index in [9.17, 15) is 0 Å². The van der Waals surface area contributed by atoms with Crippen LogP contribution in [0.4, 0.5) is 0 Å². The van der Waals surface area contributed by atoms with Crippen LogP contribution in [0.3, 0.4) is 0 Å². The van der Waals surface area contributed by atoms with Crippen molar-refractivity contribution in [2.24, 2.45) is 10.2 Å². The molecule has 0 saturated heterocycles. The molecule has 0 spiro atoms. The molecule has 2 rings (SSSR count). The minimum absolute atomic E-state index is 0. The summed E-state index contributed by atoms with van der Waals surface area (Å²) < 4.78 is 1.33. The Labute approximate surface area is 176 Å². The predicted molar refractivity (Wildman–Crippen MR) is 115 cm³/mol. The van der Waals surface area contributed by atoms with E-state index in [2.05, 4.69) is 31.0 Å². The second kappa shape index (κ2) is 15.2. The molecule has 0 fully saturated rings. The summed E-state index contributed by atoms with van der Waals surface area (Å²) in [6.45, 7) is 0. The molecule has 25 heavy (non-hydrogen) atoms. The summed E-state index contributed by atoms with van der Waals surface area (Å²) in [6.07, 6.45) is 10.9. The number of nitrogens with one attached hydrogen (secondary N) is 4. The van der Waals surface area contributed by atoms with Gasteiger partial charge >= 0.3 is 0 Å². The molecule has 0 aliphatic rings. The van der Waals surface area contributed by atoms with Crippen LogP contribution < -0.4 is 10.9 Å². The van der Waals surface area contributed by atoms with E-state index in [0.29, 0.717) is 8.64 Å². The van der Waals surface area contributed by atoms with E-state index in [1.54, 1.807) is 12.4 Å². The minimum atomic E-state index is 0. The summed E-state index contributed by atoms with van der Waals surface area (Å²) >= 11 is 12.7. The molecule has 0 unspecified atom stereocenters. The van der Waals surface area contributed by atoms with Crippen molar-refractivity contribution in [2.75, 3.05) is 12.5 Å². The van der Waals surface area contributed by atoms with Gasteiger partial charge in [-0.05, 0) is 36.8 Å². The Morgan fingerprint density at radius 3 is 1.60 bits per heavy atom. The number of hydrazone groups is 2. The molecule has 2 aromatic heterocycles. The van der Waals surface area contributed by atoms with Gasteiger partial charge in [0, 0.05) is 29.5 Å². The number of thiocarbonyl (C=S) groups is 2. The Morgan fingerprint density at radius 1 is 0.920 bits per heavy atom. The van der Waals surface area contributed by atoms with E-state index >= 15 is 0 Å². The van der Waals surface area contributed by atoms with E-state index in [1.165, 1.54) is 23.5 Å². The Hall–Kier alpha value is -1.10. The van der Waals surface area contributed by atoms with Crippen molar-refractivity contribution in [1.82, 2.24) is 20.8 Å². The molecule has 139 valence electrons. The third-order valence-corrected chi connectivity index (χ3v) is 4.44. The summed E-state index contributed by atoms with van der Waals surface area (Å²) in [5, 5.41) is 7.83. The van der Waals surface area contributed by atoms with E-state index in [0.717, 1.165) is 11.4 Å². The van der Waals surface area contributed by atoms with Gasteiger partial charge in [-0.25, -0.2) is 0 Å². The average molecular weight is 462 g/mol. The topological polar surface area (TPSA) is 80.4 Å². The van der Waals surface area contributed by atoms with Gasteiger partial charge in [0.25, 0.3) is 0 Å². The van der Waals surface area contributed by atoms with E-state index in [1.807, 2.05) is 49.2 Å². The average Bonchev–Trinajstić information content (AvgIpc) is 3.29. The number of hydrogen-bond donors (Lipinski definition) is 4. The zero-order chi connectivity index (χ0) is 17.6. The first-order chi connectivity index (χ1) is 11.7. The van der Waals surface area contributed by atoms with Gasteiger partial charge < -0.3 is 9.97 Å². The quantitative estimate of drug-likeness (QED) is 0.242. The Morgan fingerprint density at radius 2 is 1.32 bits per heavy atom. The van der Waals surface area contributed by atoms with Crippen molar-refractivity contribution >= 4 is 69.0 Å². The molecular formula is C14H18CuN6S4. The van der Waals surface area contributed by atoms with Crippen molar-refractivity contribution in [3.8, 4) is 0 Å². The van der Waals surface area contributed by atoms with Crippen molar-refractivity contribution in [3.63, 3.8) is 0 Å². The van der Waals surface area contributed by atoms with Crippen LogP contribution in [-0.4, -0.2) is 43.5 Å². The van der Waals surface area contributed by atoms with Crippen molar-refractivity contribution in [2.45, 2.75) is 0 Å². The first-order valence-electron chi connectivity index (χ1n) is 6.66. The summed E-state index contributed by atoms with van der Waals surface area (Å²) in [5.41, 5.74) is 7.33. The fourth-order valence-corrected chi connectivity index (χ4v) is 1.64. The molecule has 0 aliphatic heterocycles. The molecule has 0 saturated carbocycles. The van der Waals surface area contributed by atoms with E-state index in [-0.39, 0.29) is 17.1 Å². The van der Waals surface area contributed by atoms with Gasteiger partial charge in [0.15, 0.2) is 8.64 Å². The fourth-order valence-electron chi connectivity index (χ4n) is 1.25. The molecule has 0 bridgehead atoms. The molecule has 0 aromatic carbocycles. The SMILES string of the molecule is CSC(=S)NN=Cc1ccc[nH]1.CSC(=S)NN=Cc1ccc[nH]1.[Cu]. The third kappa shape index (κ3) is 12.0. The van der Waals surface area contributed by atoms with Crippen molar-refractivity contribution < 1.29 is 17.1 Å². The molecule has 6 nitrogen and oxygen atoms in total. The number of aromatic nitrogens is 2. The summed E-state index contributed by atoms with van der Waals surface area (Å²) in [4.78, 5) is 5.98. The first-order valence-corrected chi connectivity index (χ1v) is 9.93. The van der Waals surface area contributed by atoms with E-state index < -0.39 is 0 Å². The van der Waals surface area contributed by atoms with Gasteiger partial charge in [-0.2, -0.15) is 10.2 Å². The Kier molecular flexibility index (Phi) is 14.5. The van der Waals surface area contributed by atoms with Gasteiger partial charge in [-0.1, -0.05) is 48.0 Å². The number of aromatic amines is 2. The molecule has 4 N–H and O–H groups in total. The van der Waals surface area contributed by atoms with E-state index in [4.69, 9.17) is 24.4 Å². The van der Waals surface area contributed by atoms with Crippen LogP contribution in [0.15, 0.2) is 46.9 Å². The number of hydrogen-bond acceptors (Lipinski definition) is 6. The monoisotopic (exact) mass is 461 g/mol. The largest absolute Gasteiger partial charge is 0.360 e. The Balaban J connectivity index is 0.000000443. The summed E-state index contributed by atoms with van der Waals surface area (Å²) in [6, 6.07) is 7.67. The number of nitrogens with zero attached hydrogens (tertiary/aromatic N) is 2. The second-order valence-corrected chi connectivity index (χ2v) is 6.94. The van der Waals surface area contributed by atoms with Gasteiger partial charge in [-0.3, -0.25) is 10.9 Å². The molecule has 0 atom stereocenters. The summed E-state index contributed by atoms with van der Waals surface area (Å²) in [5.74, 6) is 0.